The number of fused-ring (bicyclic) bond motifs is 1. The summed E-state index contributed by atoms with van der Waals surface area (Å²) < 4.78 is 0. The molecule has 0 fully saturated rings. The fraction of sp³-hybridized carbons (Fsp3) is 0.0769. The van der Waals surface area contributed by atoms with Crippen LogP contribution in [0.25, 0.3) is 16.8 Å². The summed E-state index contributed by atoms with van der Waals surface area (Å²) in [6.07, 6.45) is 1.81. The first-order chi connectivity index (χ1) is 7.27. The molecule has 0 N–H and O–H groups in total. The van der Waals surface area contributed by atoms with Crippen LogP contribution >= 0.6 is 23.2 Å². The highest BCUT2D eigenvalue weighted by molar-refractivity contribution is 6.33. The van der Waals surface area contributed by atoms with Crippen LogP contribution < -0.4 is 0 Å². The van der Waals surface area contributed by atoms with Gasteiger partial charge in [-0.1, -0.05) is 48.5 Å². The normalized spacial score (nSPS) is 10.5. The van der Waals surface area contributed by atoms with Crippen LogP contribution in [0, 0.1) is 0 Å². The van der Waals surface area contributed by atoms with E-state index in [1.807, 2.05) is 30.3 Å². The van der Waals surface area contributed by atoms with Crippen LogP contribution in [0.1, 0.15) is 11.1 Å². The third-order valence-electron chi connectivity index (χ3n) is 2.49. The number of benzene rings is 2. The van der Waals surface area contributed by atoms with E-state index in [2.05, 4.69) is 12.6 Å². The lowest BCUT2D eigenvalue weighted by molar-refractivity contribution is 1.45. The van der Waals surface area contributed by atoms with Gasteiger partial charge in [0, 0.05) is 10.9 Å². The van der Waals surface area contributed by atoms with Crippen molar-refractivity contribution in [3.05, 3.63) is 53.1 Å². The van der Waals surface area contributed by atoms with E-state index in [1.165, 1.54) is 0 Å². The predicted octanol–water partition coefficient (Wildman–Crippen LogP) is 4.88. The topological polar surface area (TPSA) is 0 Å². The molecule has 0 unspecified atom stereocenters. The number of halogens is 2. The second-order valence-corrected chi connectivity index (χ2v) is 3.98. The van der Waals surface area contributed by atoms with E-state index in [4.69, 9.17) is 23.2 Å². The van der Waals surface area contributed by atoms with Crippen molar-refractivity contribution in [3.8, 4) is 0 Å². The molecule has 2 heteroatoms. The molecule has 2 aromatic rings. The van der Waals surface area contributed by atoms with Gasteiger partial charge >= 0.3 is 0 Å². The zero-order valence-corrected chi connectivity index (χ0v) is 9.65. The summed E-state index contributed by atoms with van der Waals surface area (Å²) in [5.41, 5.74) is 2.03. The maximum atomic E-state index is 6.16. The van der Waals surface area contributed by atoms with Crippen molar-refractivity contribution in [1.29, 1.82) is 0 Å². The maximum absolute atomic E-state index is 6.16. The van der Waals surface area contributed by atoms with Crippen molar-refractivity contribution >= 4 is 40.1 Å². The van der Waals surface area contributed by atoms with E-state index >= 15 is 0 Å². The van der Waals surface area contributed by atoms with Crippen LogP contribution in [-0.4, -0.2) is 0 Å². The van der Waals surface area contributed by atoms with E-state index < -0.39 is 0 Å². The molecule has 0 radical (unpaired) electrons. The van der Waals surface area contributed by atoms with Crippen LogP contribution in [0.4, 0.5) is 0 Å². The first kappa shape index (κ1) is 10.5. The molecule has 0 spiro atoms. The van der Waals surface area contributed by atoms with Gasteiger partial charge in [0.05, 0.1) is 0 Å². The number of hydrogen-bond donors (Lipinski definition) is 0. The Hall–Kier alpha value is -0.980. The quantitative estimate of drug-likeness (QED) is 0.653. The molecular weight excluding hydrogens is 227 g/mol. The first-order valence-corrected chi connectivity index (χ1v) is 5.57. The fourth-order valence-electron chi connectivity index (χ4n) is 1.73. The average Bonchev–Trinajstić information content (AvgIpc) is 2.28. The fourth-order valence-corrected chi connectivity index (χ4v) is 2.38. The van der Waals surface area contributed by atoms with Crippen LogP contribution in [0.15, 0.2) is 36.9 Å². The van der Waals surface area contributed by atoms with Crippen LogP contribution in [0.5, 0.6) is 0 Å². The third-order valence-corrected chi connectivity index (χ3v) is 3.09. The Morgan fingerprint density at radius 3 is 2.47 bits per heavy atom. The summed E-state index contributed by atoms with van der Waals surface area (Å²) >= 11 is 12.1. The Labute approximate surface area is 99.1 Å². The van der Waals surface area contributed by atoms with Crippen molar-refractivity contribution in [2.24, 2.45) is 0 Å². The molecule has 15 heavy (non-hydrogen) atoms. The zero-order chi connectivity index (χ0) is 10.8. The van der Waals surface area contributed by atoms with E-state index in [-0.39, 0.29) is 0 Å². The van der Waals surface area contributed by atoms with Gasteiger partial charge < -0.3 is 0 Å². The average molecular weight is 237 g/mol. The second kappa shape index (κ2) is 4.26. The Bertz CT molecular complexity index is 515. The molecule has 76 valence electrons. The van der Waals surface area contributed by atoms with E-state index in [0.29, 0.717) is 10.9 Å². The number of rotatable bonds is 2. The smallest absolute Gasteiger partial charge is 0.0495 e. The van der Waals surface area contributed by atoms with Crippen LogP contribution in [0.3, 0.4) is 0 Å². The maximum Gasteiger partial charge on any atom is 0.0495 e. The summed E-state index contributed by atoms with van der Waals surface area (Å²) in [5, 5.41) is 2.96. The minimum Gasteiger partial charge on any atom is -0.121 e. The summed E-state index contributed by atoms with van der Waals surface area (Å²) in [7, 11) is 0. The van der Waals surface area contributed by atoms with E-state index in [0.717, 1.165) is 21.9 Å². The molecule has 0 heterocycles. The van der Waals surface area contributed by atoms with Gasteiger partial charge in [0.2, 0.25) is 0 Å². The molecule has 0 saturated carbocycles. The highest BCUT2D eigenvalue weighted by Crippen LogP contribution is 2.31. The van der Waals surface area contributed by atoms with Gasteiger partial charge in [0.1, 0.15) is 0 Å². The standard InChI is InChI=1S/C13H10Cl2/c1-2-9-7-13(15)12(8-14)11-6-4-3-5-10(9)11/h2-7H,1,8H2. The molecule has 0 aliphatic carbocycles. The minimum atomic E-state index is 0.427. The number of hydrogen-bond acceptors (Lipinski definition) is 0. The monoisotopic (exact) mass is 236 g/mol. The summed E-state index contributed by atoms with van der Waals surface area (Å²) in [4.78, 5) is 0. The molecule has 0 bridgehead atoms. The van der Waals surface area contributed by atoms with Gasteiger partial charge in [-0.2, -0.15) is 0 Å². The Balaban J connectivity index is 2.92. The van der Waals surface area contributed by atoms with Crippen LogP contribution in [-0.2, 0) is 5.88 Å². The summed E-state index contributed by atoms with van der Waals surface area (Å²) in [6.45, 7) is 3.79. The molecule has 0 atom stereocenters. The highest BCUT2D eigenvalue weighted by Gasteiger charge is 2.07. The minimum absolute atomic E-state index is 0.427. The molecule has 0 amide bonds. The molecule has 0 aromatic heterocycles. The lowest BCUT2D eigenvalue weighted by atomic mass is 10.0. The molecule has 2 aromatic carbocycles. The van der Waals surface area contributed by atoms with Crippen LogP contribution in [0.2, 0.25) is 5.02 Å². The lowest BCUT2D eigenvalue weighted by Crippen LogP contribution is -1.87. The molecular formula is C13H10Cl2. The summed E-state index contributed by atoms with van der Waals surface area (Å²) in [6, 6.07) is 9.99. The molecule has 0 saturated heterocycles. The van der Waals surface area contributed by atoms with Gasteiger partial charge in [-0.3, -0.25) is 0 Å². The van der Waals surface area contributed by atoms with Crippen molar-refractivity contribution in [2.75, 3.05) is 0 Å². The molecule has 0 aliphatic heterocycles. The van der Waals surface area contributed by atoms with Gasteiger partial charge in [-0.15, -0.1) is 11.6 Å². The SMILES string of the molecule is C=Cc1cc(Cl)c(CCl)c2ccccc12. The van der Waals surface area contributed by atoms with E-state index in [1.54, 1.807) is 0 Å². The second-order valence-electron chi connectivity index (χ2n) is 3.31. The molecule has 0 aliphatic rings. The highest BCUT2D eigenvalue weighted by atomic mass is 35.5. The lowest BCUT2D eigenvalue weighted by Gasteiger charge is -2.09. The van der Waals surface area contributed by atoms with Gasteiger partial charge in [0.15, 0.2) is 0 Å². The van der Waals surface area contributed by atoms with Gasteiger partial charge in [-0.25, -0.2) is 0 Å². The molecule has 2 rings (SSSR count). The third kappa shape index (κ3) is 1.75. The Morgan fingerprint density at radius 1 is 1.20 bits per heavy atom. The van der Waals surface area contributed by atoms with Gasteiger partial charge in [0.25, 0.3) is 0 Å². The predicted molar refractivity (Wildman–Crippen MR) is 68.6 cm³/mol. The Morgan fingerprint density at radius 2 is 1.87 bits per heavy atom. The number of alkyl halides is 1. The molecule has 0 nitrogen and oxygen atoms in total. The largest absolute Gasteiger partial charge is 0.121 e. The van der Waals surface area contributed by atoms with Crippen molar-refractivity contribution in [2.45, 2.75) is 5.88 Å². The van der Waals surface area contributed by atoms with E-state index in [9.17, 15) is 0 Å². The van der Waals surface area contributed by atoms with Crippen molar-refractivity contribution in [1.82, 2.24) is 0 Å². The Kier molecular flexibility index (Phi) is 2.99. The first-order valence-electron chi connectivity index (χ1n) is 4.66. The zero-order valence-electron chi connectivity index (χ0n) is 8.13. The van der Waals surface area contributed by atoms with Crippen molar-refractivity contribution < 1.29 is 0 Å². The van der Waals surface area contributed by atoms with Crippen molar-refractivity contribution in [3.63, 3.8) is 0 Å². The van der Waals surface area contributed by atoms with Gasteiger partial charge in [-0.05, 0) is 28.0 Å². The summed E-state index contributed by atoms with van der Waals surface area (Å²) in [5.74, 6) is 0.427.